The fourth-order valence-corrected chi connectivity index (χ4v) is 4.84. The van der Waals surface area contributed by atoms with Crippen LogP contribution in [0.3, 0.4) is 0 Å². The fraction of sp³-hybridized carbons (Fsp3) is 0.286. The number of aryl methyl sites for hydroxylation is 3. The van der Waals surface area contributed by atoms with Gasteiger partial charge in [-0.15, -0.1) is 11.3 Å². The van der Waals surface area contributed by atoms with E-state index in [4.69, 9.17) is 5.73 Å². The van der Waals surface area contributed by atoms with Gasteiger partial charge in [0.15, 0.2) is 0 Å². The molecule has 3 N–H and O–H groups in total. The lowest BCUT2D eigenvalue weighted by atomic mass is 10.0. The molecule has 0 atom stereocenters. The molecule has 0 aromatic carbocycles. The summed E-state index contributed by atoms with van der Waals surface area (Å²) in [4.78, 5) is 39.4. The monoisotopic (exact) mass is 536 g/mol. The van der Waals surface area contributed by atoms with E-state index in [2.05, 4.69) is 20.5 Å². The minimum atomic E-state index is -4.82. The number of nitrogens with zero attached hydrogens (tertiary/aromatic N) is 6. The van der Waals surface area contributed by atoms with Gasteiger partial charge in [0, 0.05) is 30.7 Å². The molecule has 194 valence electrons. The van der Waals surface area contributed by atoms with Gasteiger partial charge < -0.3 is 11.1 Å². The normalized spacial score (nSPS) is 11.8. The van der Waals surface area contributed by atoms with Crippen LogP contribution in [0.1, 0.15) is 44.2 Å². The first-order valence-corrected chi connectivity index (χ1v) is 11.4. The zero-order valence-corrected chi connectivity index (χ0v) is 20.6. The van der Waals surface area contributed by atoms with Crippen molar-refractivity contribution in [2.24, 2.45) is 12.8 Å². The van der Waals surface area contributed by atoms with E-state index in [1.807, 2.05) is 0 Å². The molecule has 4 rings (SSSR count). The lowest BCUT2D eigenvalue weighted by Gasteiger charge is -2.11. The predicted octanol–water partition coefficient (Wildman–Crippen LogP) is 3.81. The number of rotatable bonds is 6. The number of aromatic nitrogens is 5. The van der Waals surface area contributed by atoms with Crippen LogP contribution in [0.25, 0.3) is 21.3 Å². The first-order chi connectivity index (χ1) is 17.2. The van der Waals surface area contributed by atoms with Crippen molar-refractivity contribution in [2.45, 2.75) is 33.5 Å². The summed E-state index contributed by atoms with van der Waals surface area (Å²) < 4.78 is 43.8. The maximum atomic E-state index is 13.7. The number of anilines is 1. The van der Waals surface area contributed by atoms with E-state index >= 15 is 0 Å². The number of hydrogen-bond donors (Lipinski definition) is 2. The molecule has 0 radical (unpaired) electrons. The molecule has 0 saturated heterocycles. The lowest BCUT2D eigenvalue weighted by Crippen LogP contribution is -2.18. The van der Waals surface area contributed by atoms with Gasteiger partial charge in [-0.3, -0.25) is 29.1 Å². The van der Waals surface area contributed by atoms with Crippen molar-refractivity contribution < 1.29 is 27.7 Å². The first-order valence-electron chi connectivity index (χ1n) is 10.6. The topological polar surface area (TPSA) is 164 Å². The van der Waals surface area contributed by atoms with E-state index in [0.29, 0.717) is 29.1 Å². The zero-order valence-electron chi connectivity index (χ0n) is 19.8. The van der Waals surface area contributed by atoms with E-state index < -0.39 is 40.0 Å². The second-order valence-electron chi connectivity index (χ2n) is 8.00. The number of fused-ring (bicyclic) bond motifs is 1. The number of pyridine rings is 1. The van der Waals surface area contributed by atoms with Crippen LogP contribution >= 0.6 is 11.3 Å². The minimum absolute atomic E-state index is 0.000256. The first kappa shape index (κ1) is 25.7. The summed E-state index contributed by atoms with van der Waals surface area (Å²) in [6.07, 6.45) is -3.28. The Balaban J connectivity index is 2.01. The maximum Gasteiger partial charge on any atom is 0.433 e. The number of carbonyl (C=O) groups is 2. The third-order valence-corrected chi connectivity index (χ3v) is 6.77. The molecular weight excluding hydrogens is 517 g/mol. The number of hydrogen-bond acceptors (Lipinski definition) is 8. The zero-order chi connectivity index (χ0) is 27.4. The van der Waals surface area contributed by atoms with Crippen LogP contribution in [0, 0.1) is 24.0 Å². The van der Waals surface area contributed by atoms with Gasteiger partial charge in [0.1, 0.15) is 21.1 Å². The van der Waals surface area contributed by atoms with Gasteiger partial charge in [-0.05, 0) is 32.4 Å². The number of nitro groups is 1. The molecule has 16 heteroatoms. The smallest absolute Gasteiger partial charge is 0.365 e. The SMILES string of the molecule is CCn1cc(-c2cc(C(F)(F)F)nc3sc(C(N)=O)c(NC(=O)c4nn(C)c(C)c4[N+](=O)[O-])c23)c(C)n1. The highest BCUT2D eigenvalue weighted by atomic mass is 32.1. The molecule has 0 fully saturated rings. The summed E-state index contributed by atoms with van der Waals surface area (Å²) in [5.74, 6) is -2.09. The molecule has 12 nitrogen and oxygen atoms in total. The standard InChI is InChI=1S/C21H19F3N8O4S/c1-5-31-7-11(8(2)28-31)10-6-12(21(22,23)24)26-20-13(10)14(17(37-20)18(25)33)27-19(34)15-16(32(35)36)9(3)30(4)29-15/h6-7H,5H2,1-4H3,(H2,25,33)(H,27,34). The van der Waals surface area contributed by atoms with Crippen molar-refractivity contribution in [3.63, 3.8) is 0 Å². The van der Waals surface area contributed by atoms with Gasteiger partial charge in [0.05, 0.1) is 16.3 Å². The Bertz CT molecular complexity index is 1600. The Morgan fingerprint density at radius 3 is 2.46 bits per heavy atom. The fourth-order valence-electron chi connectivity index (χ4n) is 3.83. The molecule has 4 heterocycles. The van der Waals surface area contributed by atoms with Crippen molar-refractivity contribution in [2.75, 3.05) is 5.32 Å². The molecule has 4 aromatic rings. The molecule has 4 aromatic heterocycles. The molecule has 0 unspecified atom stereocenters. The molecule has 0 bridgehead atoms. The molecule has 0 spiro atoms. The van der Waals surface area contributed by atoms with Crippen LogP contribution in [0.2, 0.25) is 0 Å². The van der Waals surface area contributed by atoms with E-state index in [1.165, 1.54) is 24.9 Å². The number of nitrogens with one attached hydrogen (secondary N) is 1. The predicted molar refractivity (Wildman–Crippen MR) is 127 cm³/mol. The molecule has 0 aliphatic heterocycles. The molecule has 0 saturated carbocycles. The highest BCUT2D eigenvalue weighted by Crippen LogP contribution is 2.44. The van der Waals surface area contributed by atoms with Crippen molar-refractivity contribution in [3.8, 4) is 11.1 Å². The summed E-state index contributed by atoms with van der Waals surface area (Å²) in [5, 5.41) is 22.2. The van der Waals surface area contributed by atoms with Crippen LogP contribution in [-0.4, -0.2) is 41.3 Å². The number of alkyl halides is 3. The van der Waals surface area contributed by atoms with Crippen LogP contribution in [0.4, 0.5) is 24.5 Å². The minimum Gasteiger partial charge on any atom is -0.365 e. The maximum absolute atomic E-state index is 13.7. The number of thiophene rings is 1. The third kappa shape index (κ3) is 4.39. The second-order valence-corrected chi connectivity index (χ2v) is 9.00. The Morgan fingerprint density at radius 1 is 1.24 bits per heavy atom. The van der Waals surface area contributed by atoms with Crippen LogP contribution in [0.5, 0.6) is 0 Å². The van der Waals surface area contributed by atoms with Crippen molar-refractivity contribution in [3.05, 3.63) is 50.0 Å². The Morgan fingerprint density at radius 2 is 1.92 bits per heavy atom. The number of primary amides is 1. The summed E-state index contributed by atoms with van der Waals surface area (Å²) in [5.41, 5.74) is 3.74. The van der Waals surface area contributed by atoms with Gasteiger partial charge in [-0.1, -0.05) is 0 Å². The van der Waals surface area contributed by atoms with E-state index in [1.54, 1.807) is 13.8 Å². The Labute approximate surface area is 210 Å². The summed E-state index contributed by atoms with van der Waals surface area (Å²) >= 11 is 0.558. The Hall–Kier alpha value is -4.34. The molecule has 37 heavy (non-hydrogen) atoms. The highest BCUT2D eigenvalue weighted by Gasteiger charge is 2.36. The van der Waals surface area contributed by atoms with Crippen molar-refractivity contribution in [1.29, 1.82) is 0 Å². The summed E-state index contributed by atoms with van der Waals surface area (Å²) in [7, 11) is 1.41. The highest BCUT2D eigenvalue weighted by molar-refractivity contribution is 7.21. The van der Waals surface area contributed by atoms with Gasteiger partial charge >= 0.3 is 11.9 Å². The van der Waals surface area contributed by atoms with E-state index in [0.717, 1.165) is 10.7 Å². The van der Waals surface area contributed by atoms with Crippen molar-refractivity contribution in [1.82, 2.24) is 24.5 Å². The lowest BCUT2D eigenvalue weighted by molar-refractivity contribution is -0.385. The second kappa shape index (κ2) is 8.95. The van der Waals surface area contributed by atoms with Gasteiger partial charge in [-0.2, -0.15) is 23.4 Å². The number of carbonyl (C=O) groups excluding carboxylic acids is 2. The van der Waals surface area contributed by atoms with Crippen LogP contribution in [0.15, 0.2) is 12.3 Å². The number of halogens is 3. The molecule has 0 aliphatic rings. The van der Waals surface area contributed by atoms with E-state index in [9.17, 15) is 32.9 Å². The quantitative estimate of drug-likeness (QED) is 0.279. The summed E-state index contributed by atoms with van der Waals surface area (Å²) in [6, 6.07) is 0.798. The van der Waals surface area contributed by atoms with Gasteiger partial charge in [0.25, 0.3) is 11.8 Å². The van der Waals surface area contributed by atoms with Crippen LogP contribution < -0.4 is 11.1 Å². The van der Waals surface area contributed by atoms with Gasteiger partial charge in [0.2, 0.25) is 5.69 Å². The third-order valence-electron chi connectivity index (χ3n) is 5.68. The largest absolute Gasteiger partial charge is 0.433 e. The van der Waals surface area contributed by atoms with Gasteiger partial charge in [-0.25, -0.2) is 4.98 Å². The number of nitrogens with two attached hydrogens (primary N) is 1. The average Bonchev–Trinajstić information content (AvgIpc) is 3.46. The Kier molecular flexibility index (Phi) is 6.23. The van der Waals surface area contributed by atoms with E-state index in [-0.39, 0.29) is 32.0 Å². The average molecular weight is 536 g/mol. The molecule has 0 aliphatic carbocycles. The van der Waals surface area contributed by atoms with Crippen LogP contribution in [-0.2, 0) is 19.8 Å². The number of amides is 2. The van der Waals surface area contributed by atoms with Crippen molar-refractivity contribution >= 4 is 44.7 Å². The summed E-state index contributed by atoms with van der Waals surface area (Å²) in [6.45, 7) is 5.22. The molecule has 2 amide bonds. The molecular formula is C21H19F3N8O4S.